The Morgan fingerprint density at radius 1 is 0.884 bits per heavy atom. The van der Waals surface area contributed by atoms with Gasteiger partial charge >= 0.3 is 5.97 Å². The topological polar surface area (TPSA) is 286 Å². The number of hydrogen-bond donors (Lipinski definition) is 8. The molecule has 0 spiro atoms. The van der Waals surface area contributed by atoms with Gasteiger partial charge in [0, 0.05) is 29.1 Å². The van der Waals surface area contributed by atoms with Crippen molar-refractivity contribution in [3.63, 3.8) is 0 Å². The molecule has 43 heavy (non-hydrogen) atoms. The van der Waals surface area contributed by atoms with E-state index >= 15 is 0 Å². The van der Waals surface area contributed by atoms with Crippen LogP contribution in [0, 0.1) is 0 Å². The van der Waals surface area contributed by atoms with Gasteiger partial charge in [-0.15, -0.1) is 4.33 Å². The van der Waals surface area contributed by atoms with Crippen molar-refractivity contribution in [2.45, 2.75) is 14.7 Å². The summed E-state index contributed by atoms with van der Waals surface area (Å²) in [5.74, 6) is -1.34. The van der Waals surface area contributed by atoms with E-state index in [-0.39, 0.29) is 57.9 Å². The first-order chi connectivity index (χ1) is 20.3. The number of carboxylic acids is 1. The van der Waals surface area contributed by atoms with Crippen molar-refractivity contribution in [3.05, 3.63) is 54.1 Å². The third-order valence-electron chi connectivity index (χ3n) is 5.41. The van der Waals surface area contributed by atoms with E-state index in [1.54, 1.807) is 0 Å². The van der Waals surface area contributed by atoms with Crippen LogP contribution < -0.4 is 21.7 Å². The number of aromatic nitrogens is 3. The Bertz CT molecular complexity index is 1890. The van der Waals surface area contributed by atoms with Gasteiger partial charge in [0.2, 0.25) is 17.8 Å². The molecule has 0 aliphatic carbocycles. The van der Waals surface area contributed by atoms with Gasteiger partial charge in [0.15, 0.2) is 0 Å². The van der Waals surface area contributed by atoms with E-state index in [0.717, 1.165) is 24.3 Å². The number of benzene rings is 3. The summed E-state index contributed by atoms with van der Waals surface area (Å²) < 4.78 is 71.8. The van der Waals surface area contributed by atoms with Gasteiger partial charge in [-0.1, -0.05) is 5.04 Å². The minimum Gasteiger partial charge on any atom is -0.478 e. The molecule has 3 aromatic carbocycles. The van der Waals surface area contributed by atoms with Crippen molar-refractivity contribution < 1.29 is 50.5 Å². The predicted molar refractivity (Wildman–Crippen MR) is 152 cm³/mol. The van der Waals surface area contributed by atoms with Crippen molar-refractivity contribution in [2.24, 2.45) is 5.73 Å². The van der Waals surface area contributed by atoms with E-state index in [2.05, 4.69) is 40.3 Å². The van der Waals surface area contributed by atoms with Gasteiger partial charge < -0.3 is 26.8 Å². The molecule has 4 aromatic rings. The van der Waals surface area contributed by atoms with E-state index < -0.39 is 36.0 Å². The Kier molecular flexibility index (Phi) is 9.59. The molecule has 0 atom stereocenters. The lowest BCUT2D eigenvalue weighted by molar-refractivity contribution is -0.432. The van der Waals surface area contributed by atoms with Crippen LogP contribution >= 0.6 is 12.0 Å². The molecular weight excluding hydrogens is 634 g/mol. The molecule has 0 aliphatic heterocycles. The number of nitrogens with zero attached hydrogens (tertiary/aromatic N) is 3. The Labute approximate surface area is 246 Å². The molecule has 21 heteroatoms. The molecular formula is C22H21N7O11S3. The molecule has 0 unspecified atom stereocenters. The fraction of sp³-hybridized carbons (Fsp3) is 0.0909. The normalized spacial score (nSPS) is 11.8. The molecule has 0 radical (unpaired) electrons. The highest BCUT2D eigenvalue weighted by molar-refractivity contribution is 7.94. The highest BCUT2D eigenvalue weighted by atomic mass is 32.2. The first kappa shape index (κ1) is 31.7. The molecule has 4 rings (SSSR count). The lowest BCUT2D eigenvalue weighted by atomic mass is 10.1. The van der Waals surface area contributed by atoms with Crippen molar-refractivity contribution in [3.8, 4) is 0 Å². The summed E-state index contributed by atoms with van der Waals surface area (Å²) in [4.78, 5) is 22.4. The van der Waals surface area contributed by atoms with Gasteiger partial charge in [-0.2, -0.15) is 31.8 Å². The van der Waals surface area contributed by atoms with Crippen molar-refractivity contribution in [1.82, 2.24) is 15.0 Å². The van der Waals surface area contributed by atoms with Crippen LogP contribution in [0.15, 0.2) is 63.2 Å². The Balaban J connectivity index is 1.87. The van der Waals surface area contributed by atoms with Gasteiger partial charge in [-0.3, -0.25) is 9.11 Å². The third kappa shape index (κ3) is 8.01. The third-order valence-corrected chi connectivity index (χ3v) is 7.70. The number of nitrogens with two attached hydrogens (primary N) is 1. The zero-order valence-electron chi connectivity index (χ0n) is 21.3. The van der Waals surface area contributed by atoms with Crippen molar-refractivity contribution >= 4 is 78.2 Å². The Morgan fingerprint density at radius 2 is 1.47 bits per heavy atom. The van der Waals surface area contributed by atoms with E-state index in [1.807, 2.05) is 0 Å². The molecule has 0 aliphatic rings. The monoisotopic (exact) mass is 655 g/mol. The standard InChI is InChI=1S/C22H21N7O11S3/c23-5-6-24-20-27-21(25-13-3-1-11(2-4-13)19(30)31)29-22(28-20)26-16-9-14(42(33,34)35)7-12-8-15(43(36,37)38)10-17(18(12)16)41-40-39-32/h1-4,7-10,32H,5-6,23H2,(H,30,31)(H,33,34,35)(H,36,37,38)(H3,24,25,26,27,28,29). The van der Waals surface area contributed by atoms with E-state index in [9.17, 15) is 30.7 Å². The van der Waals surface area contributed by atoms with Crippen LogP contribution in [0.3, 0.4) is 0 Å². The number of carbonyl (C=O) groups is 1. The summed E-state index contributed by atoms with van der Waals surface area (Å²) >= 11 is 0.307. The molecule has 0 saturated heterocycles. The highest BCUT2D eigenvalue weighted by Crippen LogP contribution is 2.39. The molecule has 0 bridgehead atoms. The fourth-order valence-corrected chi connectivity index (χ4v) is 5.38. The zero-order valence-corrected chi connectivity index (χ0v) is 23.8. The number of anilines is 5. The second kappa shape index (κ2) is 13.0. The summed E-state index contributed by atoms with van der Waals surface area (Å²) in [6.07, 6.45) is 0. The minimum atomic E-state index is -4.85. The minimum absolute atomic E-state index is 0.0168. The molecule has 0 saturated carbocycles. The second-order valence-corrected chi connectivity index (χ2v) is 11.9. The van der Waals surface area contributed by atoms with Crippen LogP contribution in [0.2, 0.25) is 0 Å². The molecule has 1 heterocycles. The molecule has 9 N–H and O–H groups in total. The summed E-state index contributed by atoms with van der Waals surface area (Å²) in [6.45, 7) is 0.452. The average Bonchev–Trinajstić information content (AvgIpc) is 2.93. The Hall–Kier alpha value is -4.19. The molecule has 228 valence electrons. The summed E-state index contributed by atoms with van der Waals surface area (Å²) in [5, 5.41) is 29.9. The van der Waals surface area contributed by atoms with Gasteiger partial charge in [-0.25, -0.2) is 10.1 Å². The lowest BCUT2D eigenvalue weighted by Crippen LogP contribution is -2.16. The van der Waals surface area contributed by atoms with Crippen molar-refractivity contribution in [1.29, 1.82) is 0 Å². The number of nitrogens with one attached hydrogen (secondary N) is 3. The second-order valence-electron chi connectivity index (χ2n) is 8.32. The first-order valence-electron chi connectivity index (χ1n) is 11.6. The summed E-state index contributed by atoms with van der Waals surface area (Å²) in [7, 11) is -9.67. The smallest absolute Gasteiger partial charge is 0.335 e. The van der Waals surface area contributed by atoms with Crippen LogP contribution in [0.25, 0.3) is 10.8 Å². The molecule has 0 fully saturated rings. The highest BCUT2D eigenvalue weighted by Gasteiger charge is 2.22. The largest absolute Gasteiger partial charge is 0.478 e. The maximum atomic E-state index is 12.1. The molecule has 18 nitrogen and oxygen atoms in total. The van der Waals surface area contributed by atoms with Gasteiger partial charge in [-0.05, 0) is 53.9 Å². The Morgan fingerprint density at radius 3 is 2.02 bits per heavy atom. The van der Waals surface area contributed by atoms with Crippen LogP contribution in [0.5, 0.6) is 0 Å². The van der Waals surface area contributed by atoms with E-state index in [0.29, 0.717) is 17.7 Å². The van der Waals surface area contributed by atoms with E-state index in [4.69, 9.17) is 16.1 Å². The molecule has 1 aromatic heterocycles. The summed E-state index contributed by atoms with van der Waals surface area (Å²) in [5.41, 5.74) is 5.90. The summed E-state index contributed by atoms with van der Waals surface area (Å²) in [6, 6.07) is 9.45. The maximum absolute atomic E-state index is 12.1. The fourth-order valence-electron chi connectivity index (χ4n) is 3.63. The lowest BCUT2D eigenvalue weighted by Gasteiger charge is -2.16. The molecule has 0 amide bonds. The number of carboxylic acid groups (broad SMARTS) is 1. The quantitative estimate of drug-likeness (QED) is 0.0444. The predicted octanol–water partition coefficient (Wildman–Crippen LogP) is 2.50. The number of fused-ring (bicyclic) bond motifs is 1. The van der Waals surface area contributed by atoms with Crippen LogP contribution in [-0.2, 0) is 29.6 Å². The van der Waals surface area contributed by atoms with Gasteiger partial charge in [0.25, 0.3) is 20.2 Å². The van der Waals surface area contributed by atoms with Crippen LogP contribution in [-0.4, -0.2) is 70.3 Å². The van der Waals surface area contributed by atoms with Crippen LogP contribution in [0.1, 0.15) is 10.4 Å². The van der Waals surface area contributed by atoms with E-state index in [1.165, 1.54) is 24.3 Å². The van der Waals surface area contributed by atoms with Crippen molar-refractivity contribution in [2.75, 3.05) is 29.0 Å². The SMILES string of the molecule is NCCNc1nc(Nc2ccc(C(=O)O)cc2)nc(Nc2cc(S(=O)(=O)O)cc3cc(S(=O)(=O)O)cc(SOOO)c23)n1. The van der Waals surface area contributed by atoms with Crippen LogP contribution in [0.4, 0.5) is 29.2 Å². The number of aromatic carboxylic acids is 1. The number of hydrogen-bond acceptors (Lipinski definition) is 16. The van der Waals surface area contributed by atoms with Gasteiger partial charge in [0.1, 0.15) is 0 Å². The van der Waals surface area contributed by atoms with Gasteiger partial charge in [0.05, 0.1) is 33.1 Å². The zero-order chi connectivity index (χ0) is 31.4. The first-order valence-corrected chi connectivity index (χ1v) is 15.2. The number of rotatable bonds is 13. The maximum Gasteiger partial charge on any atom is 0.335 e. The average molecular weight is 656 g/mol.